The Hall–Kier alpha value is -2.99. The number of amides is 1. The highest BCUT2D eigenvalue weighted by molar-refractivity contribution is 6.02. The SMILES string of the molecule is C#Cc1cccc(NC(=O)C=Cc2cc(C)ccc2OC)c1. The standard InChI is InChI=1S/C19H17NO2/c1-4-15-6-5-7-17(13-15)20-19(21)11-9-16-12-14(2)8-10-18(16)22-3/h1,5-13H,2-3H3,(H,20,21). The predicted octanol–water partition coefficient (Wildman–Crippen LogP) is 3.64. The van der Waals surface area contributed by atoms with Crippen molar-refractivity contribution >= 4 is 17.7 Å². The summed E-state index contributed by atoms with van der Waals surface area (Å²) in [6.45, 7) is 1.99. The maximum atomic E-state index is 12.0. The highest BCUT2D eigenvalue weighted by Crippen LogP contribution is 2.21. The van der Waals surface area contributed by atoms with Crippen LogP contribution in [0.3, 0.4) is 0 Å². The lowest BCUT2D eigenvalue weighted by atomic mass is 10.1. The van der Waals surface area contributed by atoms with Crippen LogP contribution >= 0.6 is 0 Å². The molecule has 0 aliphatic heterocycles. The number of nitrogens with one attached hydrogen (secondary N) is 1. The molecular formula is C19H17NO2. The maximum Gasteiger partial charge on any atom is 0.248 e. The number of hydrogen-bond acceptors (Lipinski definition) is 2. The van der Waals surface area contributed by atoms with E-state index in [9.17, 15) is 4.79 Å². The molecule has 0 radical (unpaired) electrons. The van der Waals surface area contributed by atoms with Crippen molar-refractivity contribution in [1.29, 1.82) is 0 Å². The van der Waals surface area contributed by atoms with E-state index in [0.29, 0.717) is 5.69 Å². The largest absolute Gasteiger partial charge is 0.496 e. The fraction of sp³-hybridized carbons (Fsp3) is 0.105. The number of methoxy groups -OCH3 is 1. The third-order valence-corrected chi connectivity index (χ3v) is 3.10. The van der Waals surface area contributed by atoms with Gasteiger partial charge in [-0.3, -0.25) is 4.79 Å². The smallest absolute Gasteiger partial charge is 0.248 e. The third-order valence-electron chi connectivity index (χ3n) is 3.10. The van der Waals surface area contributed by atoms with E-state index in [4.69, 9.17) is 11.2 Å². The topological polar surface area (TPSA) is 38.3 Å². The summed E-state index contributed by atoms with van der Waals surface area (Å²) in [5.41, 5.74) is 3.35. The van der Waals surface area contributed by atoms with Gasteiger partial charge in [0.15, 0.2) is 0 Å². The molecule has 3 heteroatoms. The Morgan fingerprint density at radius 2 is 2.09 bits per heavy atom. The molecule has 0 atom stereocenters. The van der Waals surface area contributed by atoms with Gasteiger partial charge >= 0.3 is 0 Å². The first kappa shape index (κ1) is 15.4. The molecule has 0 unspecified atom stereocenters. The molecule has 1 N–H and O–H groups in total. The van der Waals surface area contributed by atoms with Gasteiger partial charge in [0.2, 0.25) is 5.91 Å². The van der Waals surface area contributed by atoms with Crippen molar-refractivity contribution in [3.63, 3.8) is 0 Å². The van der Waals surface area contributed by atoms with Gasteiger partial charge in [-0.1, -0.05) is 23.6 Å². The molecule has 3 nitrogen and oxygen atoms in total. The molecular weight excluding hydrogens is 274 g/mol. The third kappa shape index (κ3) is 4.00. The Balaban J connectivity index is 2.11. The first-order valence-corrected chi connectivity index (χ1v) is 6.83. The number of anilines is 1. The summed E-state index contributed by atoms with van der Waals surface area (Å²) in [4.78, 5) is 12.0. The number of ether oxygens (including phenoxy) is 1. The van der Waals surface area contributed by atoms with Gasteiger partial charge in [0.25, 0.3) is 0 Å². The number of hydrogen-bond donors (Lipinski definition) is 1. The number of rotatable bonds is 4. The number of carbonyl (C=O) groups is 1. The van der Waals surface area contributed by atoms with Gasteiger partial charge in [-0.25, -0.2) is 0 Å². The summed E-state index contributed by atoms with van der Waals surface area (Å²) in [7, 11) is 1.60. The van der Waals surface area contributed by atoms with Gasteiger partial charge in [-0.2, -0.15) is 0 Å². The minimum atomic E-state index is -0.224. The number of benzene rings is 2. The number of aryl methyl sites for hydroxylation is 1. The van der Waals surface area contributed by atoms with Crippen molar-refractivity contribution in [2.24, 2.45) is 0 Å². The Bertz CT molecular complexity index is 754. The van der Waals surface area contributed by atoms with Crippen molar-refractivity contribution < 1.29 is 9.53 Å². The van der Waals surface area contributed by atoms with Crippen LogP contribution in [0.4, 0.5) is 5.69 Å². The summed E-state index contributed by atoms with van der Waals surface area (Å²) < 4.78 is 5.28. The minimum Gasteiger partial charge on any atom is -0.496 e. The molecule has 0 heterocycles. The van der Waals surface area contributed by atoms with Crippen LogP contribution in [-0.2, 0) is 4.79 Å². The van der Waals surface area contributed by atoms with Crippen LogP contribution in [0.5, 0.6) is 5.75 Å². The van der Waals surface area contributed by atoms with Crippen molar-refractivity contribution in [2.45, 2.75) is 6.92 Å². The Morgan fingerprint density at radius 1 is 1.27 bits per heavy atom. The van der Waals surface area contributed by atoms with E-state index in [0.717, 1.165) is 22.4 Å². The fourth-order valence-electron chi connectivity index (χ4n) is 2.02. The Labute approximate surface area is 130 Å². The molecule has 0 spiro atoms. The van der Waals surface area contributed by atoms with Gasteiger partial charge in [0, 0.05) is 22.9 Å². The summed E-state index contributed by atoms with van der Waals surface area (Å²) in [6.07, 6.45) is 8.54. The second-order valence-corrected chi connectivity index (χ2v) is 4.79. The van der Waals surface area contributed by atoms with E-state index in [2.05, 4.69) is 11.2 Å². The predicted molar refractivity (Wildman–Crippen MR) is 89.8 cm³/mol. The molecule has 2 aromatic carbocycles. The lowest BCUT2D eigenvalue weighted by molar-refractivity contribution is -0.111. The monoisotopic (exact) mass is 291 g/mol. The van der Waals surface area contributed by atoms with Crippen molar-refractivity contribution in [1.82, 2.24) is 0 Å². The molecule has 0 saturated heterocycles. The molecule has 0 aromatic heterocycles. The summed E-state index contributed by atoms with van der Waals surface area (Å²) in [6, 6.07) is 13.0. The second kappa shape index (κ2) is 7.14. The van der Waals surface area contributed by atoms with Crippen LogP contribution < -0.4 is 10.1 Å². The van der Waals surface area contributed by atoms with E-state index in [-0.39, 0.29) is 5.91 Å². The van der Waals surface area contributed by atoms with Crippen molar-refractivity contribution in [3.05, 3.63) is 65.2 Å². The molecule has 2 aromatic rings. The van der Waals surface area contributed by atoms with E-state index < -0.39 is 0 Å². The molecule has 2 rings (SSSR count). The Kier molecular flexibility index (Phi) is 5.00. The quantitative estimate of drug-likeness (QED) is 0.690. The van der Waals surface area contributed by atoms with Crippen molar-refractivity contribution in [2.75, 3.05) is 12.4 Å². The van der Waals surface area contributed by atoms with E-state index >= 15 is 0 Å². The van der Waals surface area contributed by atoms with E-state index in [1.54, 1.807) is 31.4 Å². The fourth-order valence-corrected chi connectivity index (χ4v) is 2.02. The molecule has 0 aliphatic carbocycles. The highest BCUT2D eigenvalue weighted by Gasteiger charge is 2.02. The molecule has 0 saturated carbocycles. The summed E-state index contributed by atoms with van der Waals surface area (Å²) in [5, 5.41) is 2.78. The molecule has 22 heavy (non-hydrogen) atoms. The first-order chi connectivity index (χ1) is 10.6. The normalized spacial score (nSPS) is 10.2. The van der Waals surface area contributed by atoms with Gasteiger partial charge < -0.3 is 10.1 Å². The first-order valence-electron chi connectivity index (χ1n) is 6.83. The average Bonchev–Trinajstić information content (AvgIpc) is 2.53. The van der Waals surface area contributed by atoms with Gasteiger partial charge in [0.1, 0.15) is 5.75 Å². The van der Waals surface area contributed by atoms with E-state index in [1.165, 1.54) is 6.08 Å². The lowest BCUT2D eigenvalue weighted by Crippen LogP contribution is -2.07. The molecule has 0 aliphatic rings. The molecule has 0 fully saturated rings. The zero-order valence-electron chi connectivity index (χ0n) is 12.6. The molecule has 110 valence electrons. The average molecular weight is 291 g/mol. The zero-order chi connectivity index (χ0) is 15.9. The molecule has 1 amide bonds. The molecule has 0 bridgehead atoms. The highest BCUT2D eigenvalue weighted by atomic mass is 16.5. The number of terminal acetylenes is 1. The number of carbonyl (C=O) groups excluding carboxylic acids is 1. The van der Waals surface area contributed by atoms with Gasteiger partial charge in [0.05, 0.1) is 7.11 Å². The van der Waals surface area contributed by atoms with E-state index in [1.807, 2.05) is 31.2 Å². The van der Waals surface area contributed by atoms with Crippen LogP contribution in [0.25, 0.3) is 6.08 Å². The summed E-state index contributed by atoms with van der Waals surface area (Å²) in [5.74, 6) is 3.04. The maximum absolute atomic E-state index is 12.0. The van der Waals surface area contributed by atoms with Crippen LogP contribution in [0.15, 0.2) is 48.5 Å². The van der Waals surface area contributed by atoms with Crippen LogP contribution in [0, 0.1) is 19.3 Å². The summed E-state index contributed by atoms with van der Waals surface area (Å²) >= 11 is 0. The van der Waals surface area contributed by atoms with Crippen LogP contribution in [0.2, 0.25) is 0 Å². The minimum absolute atomic E-state index is 0.224. The Morgan fingerprint density at radius 3 is 2.82 bits per heavy atom. The zero-order valence-corrected chi connectivity index (χ0v) is 12.6. The van der Waals surface area contributed by atoms with Gasteiger partial charge in [-0.15, -0.1) is 6.42 Å². The van der Waals surface area contributed by atoms with Crippen molar-refractivity contribution in [3.8, 4) is 18.1 Å². The van der Waals surface area contributed by atoms with Crippen LogP contribution in [-0.4, -0.2) is 13.0 Å². The lowest BCUT2D eigenvalue weighted by Gasteiger charge is -2.06. The van der Waals surface area contributed by atoms with Crippen LogP contribution in [0.1, 0.15) is 16.7 Å². The van der Waals surface area contributed by atoms with Gasteiger partial charge in [-0.05, 0) is 43.3 Å². The second-order valence-electron chi connectivity index (χ2n) is 4.79.